The Morgan fingerprint density at radius 2 is 2.39 bits per heavy atom. The van der Waals surface area contributed by atoms with E-state index in [0.717, 1.165) is 0 Å². The molecule has 2 unspecified atom stereocenters. The number of ether oxygens (including phenoxy) is 1. The number of hydrogen-bond acceptors (Lipinski definition) is 3. The maximum absolute atomic E-state index is 12.1. The summed E-state index contributed by atoms with van der Waals surface area (Å²) >= 11 is 5.85. The number of aromatic nitrogens is 1. The van der Waals surface area contributed by atoms with E-state index >= 15 is 0 Å². The number of amides is 1. The third kappa shape index (κ3) is 2.87. The third-order valence-corrected chi connectivity index (χ3v) is 3.43. The second-order valence-corrected chi connectivity index (χ2v) is 4.64. The molecule has 1 aromatic rings. The Balaban J connectivity index is 0.00000162. The lowest BCUT2D eigenvalue weighted by Gasteiger charge is -2.24. The average molecular weight is 291 g/mol. The van der Waals surface area contributed by atoms with E-state index in [1.165, 1.54) is 0 Å². The molecule has 1 aromatic heterocycles. The van der Waals surface area contributed by atoms with Crippen LogP contribution in [0.3, 0.4) is 0 Å². The molecule has 18 heavy (non-hydrogen) atoms. The first-order valence-electron chi connectivity index (χ1n) is 5.56. The predicted octanol–water partition coefficient (Wildman–Crippen LogP) is 2.21. The van der Waals surface area contributed by atoms with E-state index in [-0.39, 0.29) is 30.3 Å². The van der Waals surface area contributed by atoms with Gasteiger partial charge in [0.2, 0.25) is 5.88 Å². The van der Waals surface area contributed by atoms with Gasteiger partial charge in [-0.2, -0.15) is 0 Å². The summed E-state index contributed by atoms with van der Waals surface area (Å²) in [6.07, 6.45) is 1.51. The van der Waals surface area contributed by atoms with Gasteiger partial charge in [0.25, 0.3) is 5.91 Å². The quantitative estimate of drug-likeness (QED) is 0.785. The summed E-state index contributed by atoms with van der Waals surface area (Å²) < 4.78 is 5.79. The van der Waals surface area contributed by atoms with E-state index in [0.29, 0.717) is 23.9 Å². The Morgan fingerprint density at radius 1 is 1.67 bits per heavy atom. The highest BCUT2D eigenvalue weighted by atomic mass is 35.5. The third-order valence-electron chi connectivity index (χ3n) is 2.94. The molecule has 1 amide bonds. The molecule has 4 nitrogen and oxygen atoms in total. The van der Waals surface area contributed by atoms with Crippen LogP contribution in [-0.4, -0.2) is 41.4 Å². The van der Waals surface area contributed by atoms with Crippen LogP contribution in [0.4, 0.5) is 0 Å². The number of pyridine rings is 1. The van der Waals surface area contributed by atoms with Crippen molar-refractivity contribution in [2.45, 2.75) is 13.0 Å². The fourth-order valence-corrected chi connectivity index (χ4v) is 1.98. The molecule has 2 heterocycles. The van der Waals surface area contributed by atoms with E-state index in [4.69, 9.17) is 16.3 Å². The molecule has 1 aliphatic rings. The van der Waals surface area contributed by atoms with Crippen molar-refractivity contribution in [1.29, 1.82) is 0 Å². The van der Waals surface area contributed by atoms with Gasteiger partial charge in [-0.3, -0.25) is 4.79 Å². The molecule has 2 atom stereocenters. The minimum atomic E-state index is -0.113. The van der Waals surface area contributed by atoms with E-state index in [2.05, 4.69) is 4.98 Å². The minimum absolute atomic E-state index is 0. The number of likely N-dealkylation sites (N-methyl/N-ethyl adjacent to an activating group) is 1. The molecule has 0 radical (unpaired) electrons. The van der Waals surface area contributed by atoms with Crippen LogP contribution in [0.2, 0.25) is 0 Å². The normalized spacial score (nSPS) is 20.3. The molecule has 0 spiro atoms. The first-order chi connectivity index (χ1) is 8.13. The molecule has 0 N–H and O–H groups in total. The number of hydrogen-bond donors (Lipinski definition) is 0. The van der Waals surface area contributed by atoms with Crippen molar-refractivity contribution in [3.63, 3.8) is 0 Å². The fourth-order valence-electron chi connectivity index (χ4n) is 1.78. The highest BCUT2D eigenvalue weighted by Gasteiger charge is 2.30. The van der Waals surface area contributed by atoms with Crippen molar-refractivity contribution in [1.82, 2.24) is 9.88 Å². The van der Waals surface area contributed by atoms with Crippen LogP contribution < -0.4 is 4.74 Å². The molecule has 100 valence electrons. The van der Waals surface area contributed by atoms with Gasteiger partial charge in [-0.05, 0) is 12.1 Å². The van der Waals surface area contributed by atoms with Gasteiger partial charge in [0.1, 0.15) is 11.7 Å². The number of fused-ring (bicyclic) bond motifs is 1. The van der Waals surface area contributed by atoms with Crippen molar-refractivity contribution >= 4 is 29.9 Å². The first-order valence-corrected chi connectivity index (χ1v) is 6.10. The van der Waals surface area contributed by atoms with Gasteiger partial charge in [-0.25, -0.2) is 4.98 Å². The molecular formula is C12H16Cl2N2O2. The van der Waals surface area contributed by atoms with Gasteiger partial charge in [0, 0.05) is 25.0 Å². The van der Waals surface area contributed by atoms with Crippen LogP contribution >= 0.6 is 24.0 Å². The van der Waals surface area contributed by atoms with Gasteiger partial charge in [-0.1, -0.05) is 6.92 Å². The van der Waals surface area contributed by atoms with E-state index in [1.807, 2.05) is 6.92 Å². The summed E-state index contributed by atoms with van der Waals surface area (Å²) in [5.74, 6) is 1.01. The zero-order chi connectivity index (χ0) is 12.4. The zero-order valence-corrected chi connectivity index (χ0v) is 11.9. The van der Waals surface area contributed by atoms with Crippen LogP contribution in [0.5, 0.6) is 5.88 Å². The number of carbonyl (C=O) groups excluding carboxylic acids is 1. The Kier molecular flexibility index (Phi) is 5.23. The lowest BCUT2D eigenvalue weighted by molar-refractivity contribution is 0.0721. The van der Waals surface area contributed by atoms with E-state index < -0.39 is 0 Å². The SMILES string of the molecule is CC(CCl)C1CN(C)C(=O)c2cccnc2O1.Cl. The summed E-state index contributed by atoms with van der Waals surface area (Å²) in [5, 5.41) is 0. The summed E-state index contributed by atoms with van der Waals surface area (Å²) in [4.78, 5) is 17.8. The maximum atomic E-state index is 12.1. The number of nitrogens with zero attached hydrogens (tertiary/aromatic N) is 2. The summed E-state index contributed by atoms with van der Waals surface area (Å²) in [6, 6.07) is 3.47. The van der Waals surface area contributed by atoms with Gasteiger partial charge < -0.3 is 9.64 Å². The number of carbonyl (C=O) groups is 1. The Hall–Kier alpha value is -1.000. The first kappa shape index (κ1) is 15.1. The van der Waals surface area contributed by atoms with Crippen LogP contribution in [0.1, 0.15) is 17.3 Å². The fraction of sp³-hybridized carbons (Fsp3) is 0.500. The van der Waals surface area contributed by atoms with E-state index in [1.54, 1.807) is 30.3 Å². The molecule has 1 aliphatic heterocycles. The summed E-state index contributed by atoms with van der Waals surface area (Å²) in [5.41, 5.74) is 0.513. The number of halogens is 2. The largest absolute Gasteiger partial charge is 0.472 e. The summed E-state index contributed by atoms with van der Waals surface area (Å²) in [7, 11) is 1.77. The Morgan fingerprint density at radius 3 is 3.06 bits per heavy atom. The topological polar surface area (TPSA) is 42.4 Å². The molecular weight excluding hydrogens is 275 g/mol. The zero-order valence-electron chi connectivity index (χ0n) is 10.3. The molecule has 6 heteroatoms. The predicted molar refractivity (Wildman–Crippen MR) is 72.7 cm³/mol. The molecule has 0 saturated heterocycles. The van der Waals surface area contributed by atoms with Crippen molar-refractivity contribution in [3.8, 4) is 5.88 Å². The van der Waals surface area contributed by atoms with Crippen LogP contribution in [-0.2, 0) is 0 Å². The van der Waals surface area contributed by atoms with Gasteiger partial charge in [0.15, 0.2) is 0 Å². The highest BCUT2D eigenvalue weighted by Crippen LogP contribution is 2.24. The Bertz CT molecular complexity index is 428. The molecule has 0 fully saturated rings. The Labute approximate surface area is 118 Å². The van der Waals surface area contributed by atoms with Crippen LogP contribution in [0.15, 0.2) is 18.3 Å². The number of alkyl halides is 1. The molecule has 0 aromatic carbocycles. The summed E-state index contributed by atoms with van der Waals surface area (Å²) in [6.45, 7) is 2.53. The molecule has 0 saturated carbocycles. The van der Waals surface area contributed by atoms with Crippen LogP contribution in [0, 0.1) is 5.92 Å². The van der Waals surface area contributed by atoms with Crippen LogP contribution in [0.25, 0.3) is 0 Å². The molecule has 2 rings (SSSR count). The lowest BCUT2D eigenvalue weighted by Crippen LogP contribution is -2.38. The lowest BCUT2D eigenvalue weighted by atomic mass is 10.1. The van der Waals surface area contributed by atoms with Gasteiger partial charge >= 0.3 is 0 Å². The van der Waals surface area contributed by atoms with Crippen molar-refractivity contribution in [2.75, 3.05) is 19.5 Å². The highest BCUT2D eigenvalue weighted by molar-refractivity contribution is 6.18. The monoisotopic (exact) mass is 290 g/mol. The second-order valence-electron chi connectivity index (χ2n) is 4.33. The standard InChI is InChI=1S/C12H15ClN2O2.ClH/c1-8(6-13)10-7-15(2)12(16)9-4-3-5-14-11(9)17-10;/h3-5,8,10H,6-7H2,1-2H3;1H. The van der Waals surface area contributed by atoms with Crippen molar-refractivity contribution in [2.24, 2.45) is 5.92 Å². The second kappa shape index (κ2) is 6.25. The average Bonchev–Trinajstić information content (AvgIpc) is 2.48. The molecule has 0 aliphatic carbocycles. The van der Waals surface area contributed by atoms with Gasteiger partial charge in [0.05, 0.1) is 6.54 Å². The van der Waals surface area contributed by atoms with Gasteiger partial charge in [-0.15, -0.1) is 24.0 Å². The maximum Gasteiger partial charge on any atom is 0.259 e. The van der Waals surface area contributed by atoms with Crippen molar-refractivity contribution < 1.29 is 9.53 Å². The van der Waals surface area contributed by atoms with Crippen molar-refractivity contribution in [3.05, 3.63) is 23.9 Å². The number of rotatable bonds is 2. The van der Waals surface area contributed by atoms with E-state index in [9.17, 15) is 4.79 Å². The minimum Gasteiger partial charge on any atom is -0.472 e. The molecule has 0 bridgehead atoms. The smallest absolute Gasteiger partial charge is 0.259 e.